The van der Waals surface area contributed by atoms with Crippen LogP contribution in [0.25, 0.3) is 0 Å². The van der Waals surface area contributed by atoms with Crippen molar-refractivity contribution in [2.45, 2.75) is 13.0 Å². The van der Waals surface area contributed by atoms with Gasteiger partial charge in [-0.25, -0.2) is 9.18 Å². The zero-order chi connectivity index (χ0) is 16.7. The van der Waals surface area contributed by atoms with E-state index in [-0.39, 0.29) is 11.8 Å². The quantitative estimate of drug-likeness (QED) is 0.889. The number of benzene rings is 2. The molecular weight excluding hydrogens is 295 g/mol. The molecule has 0 radical (unpaired) electrons. The third kappa shape index (κ3) is 5.29. The predicted octanol–water partition coefficient (Wildman–Crippen LogP) is 3.22. The van der Waals surface area contributed by atoms with E-state index in [1.54, 1.807) is 25.1 Å². The first-order chi connectivity index (χ1) is 11.1. The maximum absolute atomic E-state index is 13.1. The molecule has 0 atom stereocenters. The summed E-state index contributed by atoms with van der Waals surface area (Å²) in [6.45, 7) is 0.952. The van der Waals surface area contributed by atoms with Crippen molar-refractivity contribution in [3.8, 4) is 5.75 Å². The number of hydrogen-bond acceptors (Lipinski definition) is 2. The lowest BCUT2D eigenvalue weighted by Gasteiger charge is -2.18. The van der Waals surface area contributed by atoms with E-state index in [9.17, 15) is 9.18 Å². The maximum Gasteiger partial charge on any atom is 0.317 e. The third-order valence-electron chi connectivity index (χ3n) is 3.48. The van der Waals surface area contributed by atoms with Crippen molar-refractivity contribution < 1.29 is 13.9 Å². The van der Waals surface area contributed by atoms with Gasteiger partial charge in [0.05, 0.1) is 7.11 Å². The highest BCUT2D eigenvalue weighted by Crippen LogP contribution is 2.13. The first kappa shape index (κ1) is 16.8. The summed E-state index contributed by atoms with van der Waals surface area (Å²) in [5, 5.41) is 2.83. The van der Waals surface area contributed by atoms with Crippen LogP contribution in [0.15, 0.2) is 48.5 Å². The topological polar surface area (TPSA) is 41.6 Å². The van der Waals surface area contributed by atoms with Crippen LogP contribution < -0.4 is 10.1 Å². The van der Waals surface area contributed by atoms with E-state index < -0.39 is 0 Å². The zero-order valence-electron chi connectivity index (χ0n) is 13.4. The number of carbonyl (C=O) groups excluding carboxylic acids is 1. The molecule has 0 saturated heterocycles. The van der Waals surface area contributed by atoms with Gasteiger partial charge in [-0.2, -0.15) is 0 Å². The van der Waals surface area contributed by atoms with Gasteiger partial charge in [0.1, 0.15) is 11.6 Å². The molecule has 23 heavy (non-hydrogen) atoms. The summed E-state index contributed by atoms with van der Waals surface area (Å²) >= 11 is 0. The van der Waals surface area contributed by atoms with Gasteiger partial charge in [0.25, 0.3) is 0 Å². The Morgan fingerprint density at radius 2 is 1.91 bits per heavy atom. The second-order valence-corrected chi connectivity index (χ2v) is 5.32. The molecule has 0 fully saturated rings. The molecule has 0 spiro atoms. The first-order valence-electron chi connectivity index (χ1n) is 7.45. The minimum atomic E-state index is -0.260. The summed E-state index contributed by atoms with van der Waals surface area (Å²) < 4.78 is 18.3. The molecular formula is C18H21FN2O2. The summed E-state index contributed by atoms with van der Waals surface area (Å²) in [5.41, 5.74) is 1.85. The van der Waals surface area contributed by atoms with Gasteiger partial charge in [-0.15, -0.1) is 0 Å². The lowest BCUT2D eigenvalue weighted by atomic mass is 10.1. The van der Waals surface area contributed by atoms with E-state index in [1.165, 1.54) is 12.1 Å². The monoisotopic (exact) mass is 316 g/mol. The number of methoxy groups -OCH3 is 1. The Morgan fingerprint density at radius 3 is 2.65 bits per heavy atom. The van der Waals surface area contributed by atoms with Crippen LogP contribution in [-0.2, 0) is 13.0 Å². The molecule has 122 valence electrons. The number of halogens is 1. The maximum atomic E-state index is 13.1. The standard InChI is InChI=1S/C18H21FN2O2/c1-21(13-15-6-4-8-17(12-15)23-2)18(22)20-10-9-14-5-3-7-16(19)11-14/h3-8,11-12H,9-10,13H2,1-2H3,(H,20,22). The molecule has 4 nitrogen and oxygen atoms in total. The number of nitrogens with one attached hydrogen (secondary N) is 1. The average Bonchev–Trinajstić information content (AvgIpc) is 2.55. The SMILES string of the molecule is COc1cccc(CN(C)C(=O)NCCc2cccc(F)c2)c1. The van der Waals surface area contributed by atoms with Crippen molar-refractivity contribution in [3.63, 3.8) is 0 Å². The van der Waals surface area contributed by atoms with Crippen LogP contribution in [0.1, 0.15) is 11.1 Å². The summed E-state index contributed by atoms with van der Waals surface area (Å²) in [6.07, 6.45) is 0.594. The van der Waals surface area contributed by atoms with Crippen LogP contribution >= 0.6 is 0 Å². The highest BCUT2D eigenvalue weighted by Gasteiger charge is 2.09. The molecule has 0 aliphatic rings. The fraction of sp³-hybridized carbons (Fsp3) is 0.278. The number of urea groups is 1. The molecule has 5 heteroatoms. The van der Waals surface area contributed by atoms with Crippen LogP contribution in [0.5, 0.6) is 5.75 Å². The fourth-order valence-corrected chi connectivity index (χ4v) is 2.26. The van der Waals surface area contributed by atoms with Crippen LogP contribution in [-0.4, -0.2) is 31.6 Å². The van der Waals surface area contributed by atoms with Crippen LogP contribution in [0.4, 0.5) is 9.18 Å². The van der Waals surface area contributed by atoms with Crippen molar-refractivity contribution in [2.75, 3.05) is 20.7 Å². The predicted molar refractivity (Wildman–Crippen MR) is 88.0 cm³/mol. The molecule has 0 unspecified atom stereocenters. The number of ether oxygens (including phenoxy) is 1. The van der Waals surface area contributed by atoms with Gasteiger partial charge in [0.2, 0.25) is 0 Å². The largest absolute Gasteiger partial charge is 0.497 e. The second-order valence-electron chi connectivity index (χ2n) is 5.32. The van der Waals surface area contributed by atoms with E-state index in [0.717, 1.165) is 16.9 Å². The van der Waals surface area contributed by atoms with Gasteiger partial charge in [-0.05, 0) is 41.8 Å². The molecule has 0 aliphatic heterocycles. The van der Waals surface area contributed by atoms with Crippen molar-refractivity contribution in [1.29, 1.82) is 0 Å². The lowest BCUT2D eigenvalue weighted by molar-refractivity contribution is 0.207. The minimum absolute atomic E-state index is 0.163. The molecule has 0 bridgehead atoms. The molecule has 2 rings (SSSR count). The Hall–Kier alpha value is -2.56. The van der Waals surface area contributed by atoms with Gasteiger partial charge >= 0.3 is 6.03 Å². The van der Waals surface area contributed by atoms with Gasteiger partial charge < -0.3 is 15.0 Å². The van der Waals surface area contributed by atoms with E-state index in [4.69, 9.17) is 4.74 Å². The average molecular weight is 316 g/mol. The van der Waals surface area contributed by atoms with Crippen LogP contribution in [0.2, 0.25) is 0 Å². The highest BCUT2D eigenvalue weighted by atomic mass is 19.1. The van der Waals surface area contributed by atoms with Crippen LogP contribution in [0.3, 0.4) is 0 Å². The Kier molecular flexibility index (Phi) is 5.97. The number of carbonyl (C=O) groups is 1. The molecule has 0 aromatic heterocycles. The zero-order valence-corrected chi connectivity index (χ0v) is 13.4. The smallest absolute Gasteiger partial charge is 0.317 e. The van der Waals surface area contributed by atoms with Gasteiger partial charge in [0, 0.05) is 20.1 Å². The highest BCUT2D eigenvalue weighted by molar-refractivity contribution is 5.73. The van der Waals surface area contributed by atoms with Crippen LogP contribution in [0, 0.1) is 5.82 Å². The molecule has 0 saturated carbocycles. The first-order valence-corrected chi connectivity index (χ1v) is 7.45. The summed E-state index contributed by atoms with van der Waals surface area (Å²) in [5.74, 6) is 0.506. The van der Waals surface area contributed by atoms with E-state index in [0.29, 0.717) is 19.5 Å². The molecule has 0 heterocycles. The van der Waals surface area contributed by atoms with E-state index >= 15 is 0 Å². The number of hydrogen-bond donors (Lipinski definition) is 1. The third-order valence-corrected chi connectivity index (χ3v) is 3.48. The summed E-state index contributed by atoms with van der Waals surface area (Å²) in [4.78, 5) is 13.7. The fourth-order valence-electron chi connectivity index (χ4n) is 2.26. The van der Waals surface area contributed by atoms with Crippen molar-refractivity contribution in [2.24, 2.45) is 0 Å². The Balaban J connectivity index is 1.80. The Labute approximate surface area is 135 Å². The molecule has 1 N–H and O–H groups in total. The normalized spacial score (nSPS) is 10.2. The molecule has 0 aliphatic carbocycles. The van der Waals surface area contributed by atoms with Gasteiger partial charge in [-0.1, -0.05) is 24.3 Å². The molecule has 2 aromatic rings. The molecule has 2 aromatic carbocycles. The lowest BCUT2D eigenvalue weighted by Crippen LogP contribution is -2.37. The second kappa shape index (κ2) is 8.17. The van der Waals surface area contributed by atoms with Gasteiger partial charge in [-0.3, -0.25) is 0 Å². The van der Waals surface area contributed by atoms with E-state index in [2.05, 4.69) is 5.32 Å². The summed E-state index contributed by atoms with van der Waals surface area (Å²) in [6, 6.07) is 13.8. The number of nitrogens with zero attached hydrogens (tertiary/aromatic N) is 1. The van der Waals surface area contributed by atoms with Crippen molar-refractivity contribution in [3.05, 3.63) is 65.5 Å². The van der Waals surface area contributed by atoms with Crippen molar-refractivity contribution in [1.82, 2.24) is 10.2 Å². The number of rotatable bonds is 6. The van der Waals surface area contributed by atoms with E-state index in [1.807, 2.05) is 30.3 Å². The number of amides is 2. The Bertz CT molecular complexity index is 661. The van der Waals surface area contributed by atoms with Crippen molar-refractivity contribution >= 4 is 6.03 Å². The van der Waals surface area contributed by atoms with Gasteiger partial charge in [0.15, 0.2) is 0 Å². The molecule has 2 amide bonds. The summed E-state index contributed by atoms with van der Waals surface area (Å²) in [7, 11) is 3.35. The Morgan fingerprint density at radius 1 is 1.17 bits per heavy atom. The minimum Gasteiger partial charge on any atom is -0.497 e.